The highest BCUT2D eigenvalue weighted by Crippen LogP contribution is 2.23. The second kappa shape index (κ2) is 5.65. The van der Waals surface area contributed by atoms with E-state index >= 15 is 0 Å². The standard InChI is InChI=1S/C21H16N2/c1-15-6-8-16(9-7-15)18-11-12-20(22-14-18)21-13-10-17-4-2-3-5-19(17)23-21/h2-14H,1H3. The van der Waals surface area contributed by atoms with Crippen molar-refractivity contribution >= 4 is 10.9 Å². The maximum atomic E-state index is 4.70. The lowest BCUT2D eigenvalue weighted by Gasteiger charge is -2.05. The van der Waals surface area contributed by atoms with E-state index in [-0.39, 0.29) is 0 Å². The number of fused-ring (bicyclic) bond motifs is 1. The summed E-state index contributed by atoms with van der Waals surface area (Å²) >= 11 is 0. The number of aryl methyl sites for hydroxylation is 1. The molecule has 2 aromatic carbocycles. The van der Waals surface area contributed by atoms with Crippen molar-refractivity contribution in [2.75, 3.05) is 0 Å². The molecule has 0 saturated heterocycles. The van der Waals surface area contributed by atoms with Crippen LogP contribution in [0.3, 0.4) is 0 Å². The Labute approximate surface area is 135 Å². The van der Waals surface area contributed by atoms with Gasteiger partial charge < -0.3 is 0 Å². The van der Waals surface area contributed by atoms with Crippen molar-refractivity contribution in [1.29, 1.82) is 0 Å². The first-order valence-electron chi connectivity index (χ1n) is 7.69. The summed E-state index contributed by atoms with van der Waals surface area (Å²) in [6.45, 7) is 2.09. The lowest BCUT2D eigenvalue weighted by molar-refractivity contribution is 1.28. The first-order valence-corrected chi connectivity index (χ1v) is 7.69. The van der Waals surface area contributed by atoms with Gasteiger partial charge in [0.05, 0.1) is 16.9 Å². The highest BCUT2D eigenvalue weighted by molar-refractivity contribution is 5.81. The molecule has 2 heterocycles. The van der Waals surface area contributed by atoms with Crippen molar-refractivity contribution in [3.63, 3.8) is 0 Å². The summed E-state index contributed by atoms with van der Waals surface area (Å²) < 4.78 is 0. The van der Waals surface area contributed by atoms with E-state index in [1.54, 1.807) is 0 Å². The summed E-state index contributed by atoms with van der Waals surface area (Å²) in [6.07, 6.45) is 1.91. The molecule has 110 valence electrons. The summed E-state index contributed by atoms with van der Waals surface area (Å²) in [5.74, 6) is 0. The lowest BCUT2D eigenvalue weighted by Crippen LogP contribution is -1.89. The summed E-state index contributed by atoms with van der Waals surface area (Å²) in [7, 11) is 0. The number of benzene rings is 2. The predicted octanol–water partition coefficient (Wildman–Crippen LogP) is 5.27. The van der Waals surface area contributed by atoms with Gasteiger partial charge in [0.15, 0.2) is 0 Å². The van der Waals surface area contributed by atoms with Crippen LogP contribution in [0.25, 0.3) is 33.4 Å². The molecule has 0 radical (unpaired) electrons. The van der Waals surface area contributed by atoms with Crippen molar-refractivity contribution in [1.82, 2.24) is 9.97 Å². The second-order valence-electron chi connectivity index (χ2n) is 5.69. The van der Waals surface area contributed by atoms with E-state index in [4.69, 9.17) is 4.98 Å². The van der Waals surface area contributed by atoms with E-state index in [1.165, 1.54) is 11.1 Å². The minimum absolute atomic E-state index is 0.895. The average Bonchev–Trinajstić information content (AvgIpc) is 2.62. The van der Waals surface area contributed by atoms with E-state index in [1.807, 2.05) is 36.5 Å². The van der Waals surface area contributed by atoms with Crippen LogP contribution in [0.2, 0.25) is 0 Å². The molecule has 0 amide bonds. The van der Waals surface area contributed by atoms with Gasteiger partial charge in [-0.3, -0.25) is 4.98 Å². The van der Waals surface area contributed by atoms with E-state index < -0.39 is 0 Å². The minimum atomic E-state index is 0.895. The number of rotatable bonds is 2. The Morgan fingerprint density at radius 1 is 0.652 bits per heavy atom. The summed E-state index contributed by atoms with van der Waals surface area (Å²) in [6, 6.07) is 24.9. The fraction of sp³-hybridized carbons (Fsp3) is 0.0476. The van der Waals surface area contributed by atoms with E-state index in [0.29, 0.717) is 0 Å². The smallest absolute Gasteiger partial charge is 0.0893 e. The first-order chi connectivity index (χ1) is 11.3. The molecule has 4 rings (SSSR count). The number of hydrogen-bond donors (Lipinski definition) is 0. The molecule has 2 heteroatoms. The summed E-state index contributed by atoms with van der Waals surface area (Å²) in [5.41, 5.74) is 6.36. The molecule has 0 N–H and O–H groups in total. The van der Waals surface area contributed by atoms with Crippen LogP contribution in [0.15, 0.2) is 79.0 Å². The van der Waals surface area contributed by atoms with Crippen LogP contribution >= 0.6 is 0 Å². The molecule has 23 heavy (non-hydrogen) atoms. The highest BCUT2D eigenvalue weighted by Gasteiger charge is 2.04. The number of pyridine rings is 2. The molecule has 0 unspecified atom stereocenters. The fourth-order valence-electron chi connectivity index (χ4n) is 2.67. The molecule has 0 aliphatic heterocycles. The van der Waals surface area contributed by atoms with Gasteiger partial charge in [-0.15, -0.1) is 0 Å². The monoisotopic (exact) mass is 296 g/mol. The highest BCUT2D eigenvalue weighted by atomic mass is 14.8. The third-order valence-electron chi connectivity index (χ3n) is 4.01. The Bertz CT molecular complexity index is 955. The first kappa shape index (κ1) is 13.6. The van der Waals surface area contributed by atoms with Gasteiger partial charge in [0.25, 0.3) is 0 Å². The van der Waals surface area contributed by atoms with Crippen LogP contribution < -0.4 is 0 Å². The molecular formula is C21H16N2. The van der Waals surface area contributed by atoms with Gasteiger partial charge in [0.2, 0.25) is 0 Å². The van der Waals surface area contributed by atoms with Gasteiger partial charge in [0.1, 0.15) is 0 Å². The second-order valence-corrected chi connectivity index (χ2v) is 5.69. The molecule has 0 spiro atoms. The topological polar surface area (TPSA) is 25.8 Å². The molecule has 0 saturated carbocycles. The largest absolute Gasteiger partial charge is 0.254 e. The van der Waals surface area contributed by atoms with Crippen molar-refractivity contribution in [2.45, 2.75) is 6.92 Å². The average molecular weight is 296 g/mol. The number of nitrogens with zero attached hydrogens (tertiary/aromatic N) is 2. The van der Waals surface area contributed by atoms with Crippen LogP contribution in [0.5, 0.6) is 0 Å². The molecule has 2 aromatic heterocycles. The van der Waals surface area contributed by atoms with E-state index in [0.717, 1.165) is 27.9 Å². The Morgan fingerprint density at radius 3 is 2.17 bits per heavy atom. The Morgan fingerprint density at radius 2 is 1.39 bits per heavy atom. The molecule has 0 aliphatic rings. The van der Waals surface area contributed by atoms with Crippen LogP contribution in [0.4, 0.5) is 0 Å². The molecule has 0 bridgehead atoms. The van der Waals surface area contributed by atoms with Crippen LogP contribution in [0.1, 0.15) is 5.56 Å². The zero-order valence-corrected chi connectivity index (χ0v) is 12.9. The number of aromatic nitrogens is 2. The fourth-order valence-corrected chi connectivity index (χ4v) is 2.67. The zero-order chi connectivity index (χ0) is 15.6. The number of para-hydroxylation sites is 1. The molecule has 4 aromatic rings. The Balaban J connectivity index is 1.70. The third kappa shape index (κ3) is 2.71. The van der Waals surface area contributed by atoms with Crippen LogP contribution in [0, 0.1) is 6.92 Å². The van der Waals surface area contributed by atoms with Gasteiger partial charge in [0, 0.05) is 17.1 Å². The van der Waals surface area contributed by atoms with Gasteiger partial charge in [-0.25, -0.2) is 4.98 Å². The Hall–Kier alpha value is -3.00. The maximum Gasteiger partial charge on any atom is 0.0893 e. The van der Waals surface area contributed by atoms with E-state index in [2.05, 4.69) is 54.4 Å². The van der Waals surface area contributed by atoms with Crippen molar-refractivity contribution < 1.29 is 0 Å². The van der Waals surface area contributed by atoms with Crippen LogP contribution in [-0.2, 0) is 0 Å². The molecule has 2 nitrogen and oxygen atoms in total. The Kier molecular flexibility index (Phi) is 3.35. The molecule has 0 atom stereocenters. The normalized spacial score (nSPS) is 10.8. The van der Waals surface area contributed by atoms with Gasteiger partial charge >= 0.3 is 0 Å². The quantitative estimate of drug-likeness (QED) is 0.503. The molecular weight excluding hydrogens is 280 g/mol. The summed E-state index contributed by atoms with van der Waals surface area (Å²) in [5, 5.41) is 1.15. The van der Waals surface area contributed by atoms with Crippen molar-refractivity contribution in [3.8, 4) is 22.5 Å². The van der Waals surface area contributed by atoms with Crippen molar-refractivity contribution in [3.05, 3.63) is 84.6 Å². The van der Waals surface area contributed by atoms with E-state index in [9.17, 15) is 0 Å². The number of hydrogen-bond acceptors (Lipinski definition) is 2. The van der Waals surface area contributed by atoms with Gasteiger partial charge in [-0.05, 0) is 30.7 Å². The minimum Gasteiger partial charge on any atom is -0.254 e. The van der Waals surface area contributed by atoms with Gasteiger partial charge in [-0.1, -0.05) is 60.2 Å². The SMILES string of the molecule is Cc1ccc(-c2ccc(-c3ccc4ccccc4n3)nc2)cc1. The zero-order valence-electron chi connectivity index (χ0n) is 12.9. The van der Waals surface area contributed by atoms with Crippen molar-refractivity contribution in [2.24, 2.45) is 0 Å². The van der Waals surface area contributed by atoms with Crippen LogP contribution in [-0.4, -0.2) is 9.97 Å². The molecule has 0 aliphatic carbocycles. The maximum absolute atomic E-state index is 4.70. The molecule has 0 fully saturated rings. The third-order valence-corrected chi connectivity index (χ3v) is 4.01. The summed E-state index contributed by atoms with van der Waals surface area (Å²) in [4.78, 5) is 9.29. The predicted molar refractivity (Wildman–Crippen MR) is 95.1 cm³/mol. The van der Waals surface area contributed by atoms with Gasteiger partial charge in [-0.2, -0.15) is 0 Å². The lowest BCUT2D eigenvalue weighted by atomic mass is 10.1.